The Labute approximate surface area is 157 Å². The van der Waals surface area contributed by atoms with E-state index in [1.165, 1.54) is 0 Å². The molecule has 21 heavy (non-hydrogen) atoms. The number of halogens is 5. The van der Waals surface area contributed by atoms with Gasteiger partial charge in [-0.3, -0.25) is 0 Å². The Morgan fingerprint density at radius 2 is 1.52 bits per heavy atom. The van der Waals surface area contributed by atoms with Crippen molar-refractivity contribution in [3.05, 3.63) is 67.6 Å². The number of benzene rings is 2. The summed E-state index contributed by atoms with van der Waals surface area (Å²) in [5.74, 6) is 0. The Hall–Kier alpha value is 0.290. The van der Waals surface area contributed by atoms with Crippen LogP contribution < -0.4 is 0 Å². The smallest absolute Gasteiger partial charge is 0.0933 e. The first-order valence-corrected chi connectivity index (χ1v) is 9.11. The highest BCUT2D eigenvalue weighted by atomic mass is 127. The Bertz CT molecular complexity index is 633. The van der Waals surface area contributed by atoms with E-state index in [0.29, 0.717) is 26.7 Å². The highest BCUT2D eigenvalue weighted by Gasteiger charge is 2.15. The van der Waals surface area contributed by atoms with Crippen molar-refractivity contribution in [1.82, 2.24) is 0 Å². The van der Waals surface area contributed by atoms with Crippen LogP contribution >= 0.6 is 69.0 Å². The first kappa shape index (κ1) is 17.6. The van der Waals surface area contributed by atoms with Gasteiger partial charge in [-0.15, -0.1) is 0 Å². The fraction of sp³-hybridized carbons (Fsp3) is 0.200. The normalized spacial score (nSPS) is 12.4. The monoisotopic (exact) mass is 474 g/mol. The molecule has 2 rings (SSSR count). The minimum Gasteiger partial charge on any atom is -0.368 e. The lowest BCUT2D eigenvalue weighted by Gasteiger charge is -2.18. The van der Waals surface area contributed by atoms with E-state index in [1.54, 1.807) is 24.3 Å². The van der Waals surface area contributed by atoms with Crippen molar-refractivity contribution >= 4 is 69.0 Å². The zero-order valence-corrected chi connectivity index (χ0v) is 15.9. The van der Waals surface area contributed by atoms with Gasteiger partial charge in [0.1, 0.15) is 0 Å². The summed E-state index contributed by atoms with van der Waals surface area (Å²) in [6.07, 6.45) is -0.123. The van der Waals surface area contributed by atoms with Gasteiger partial charge in [-0.05, 0) is 29.8 Å². The van der Waals surface area contributed by atoms with E-state index in [-0.39, 0.29) is 6.10 Å². The van der Waals surface area contributed by atoms with Crippen LogP contribution in [0, 0.1) is 0 Å². The Balaban J connectivity index is 2.12. The van der Waals surface area contributed by atoms with Gasteiger partial charge in [-0.25, -0.2) is 0 Å². The van der Waals surface area contributed by atoms with Crippen molar-refractivity contribution in [1.29, 1.82) is 0 Å². The molecule has 0 radical (unpaired) electrons. The lowest BCUT2D eigenvalue weighted by molar-refractivity contribution is 0.0578. The van der Waals surface area contributed by atoms with Crippen LogP contribution in [-0.2, 0) is 11.3 Å². The Kier molecular flexibility index (Phi) is 6.91. The maximum Gasteiger partial charge on any atom is 0.0933 e. The summed E-state index contributed by atoms with van der Waals surface area (Å²) in [7, 11) is 0. The summed E-state index contributed by atoms with van der Waals surface area (Å²) in [5.41, 5.74) is 1.81. The first-order valence-electron chi connectivity index (χ1n) is 6.07. The fourth-order valence-corrected chi connectivity index (χ4v) is 3.53. The maximum atomic E-state index is 6.23. The lowest BCUT2D eigenvalue weighted by Crippen LogP contribution is -2.07. The van der Waals surface area contributed by atoms with Gasteiger partial charge in [0.25, 0.3) is 0 Å². The third kappa shape index (κ3) is 4.88. The van der Waals surface area contributed by atoms with E-state index in [9.17, 15) is 0 Å². The van der Waals surface area contributed by atoms with Crippen molar-refractivity contribution in [2.75, 3.05) is 4.43 Å². The predicted molar refractivity (Wildman–Crippen MR) is 99.3 cm³/mol. The molecule has 0 spiro atoms. The lowest BCUT2D eigenvalue weighted by atomic mass is 10.1. The van der Waals surface area contributed by atoms with Crippen LogP contribution in [0.4, 0.5) is 0 Å². The van der Waals surface area contributed by atoms with Gasteiger partial charge in [0.05, 0.1) is 12.7 Å². The molecule has 0 amide bonds. The minimum atomic E-state index is -0.123. The van der Waals surface area contributed by atoms with E-state index in [4.69, 9.17) is 51.1 Å². The second-order valence-corrected chi connectivity index (χ2v) is 6.92. The van der Waals surface area contributed by atoms with Crippen molar-refractivity contribution in [2.24, 2.45) is 0 Å². The molecule has 0 fully saturated rings. The van der Waals surface area contributed by atoms with E-state index in [2.05, 4.69) is 22.6 Å². The van der Waals surface area contributed by atoms with E-state index in [0.717, 1.165) is 15.6 Å². The molecule has 6 heteroatoms. The summed E-state index contributed by atoms with van der Waals surface area (Å²) >= 11 is 26.4. The van der Waals surface area contributed by atoms with Crippen LogP contribution in [0.5, 0.6) is 0 Å². The van der Waals surface area contributed by atoms with Gasteiger partial charge in [0.15, 0.2) is 0 Å². The molecular weight excluding hydrogens is 465 g/mol. The van der Waals surface area contributed by atoms with Crippen LogP contribution in [0.15, 0.2) is 36.4 Å². The van der Waals surface area contributed by atoms with Gasteiger partial charge < -0.3 is 4.74 Å². The highest BCUT2D eigenvalue weighted by molar-refractivity contribution is 14.1. The molecule has 0 aliphatic rings. The van der Waals surface area contributed by atoms with Gasteiger partial charge in [0, 0.05) is 30.1 Å². The molecule has 0 bridgehead atoms. The summed E-state index contributed by atoms with van der Waals surface area (Å²) in [5, 5.41) is 2.41. The van der Waals surface area contributed by atoms with Crippen LogP contribution in [-0.4, -0.2) is 4.43 Å². The molecule has 0 aliphatic carbocycles. The summed E-state index contributed by atoms with van der Waals surface area (Å²) in [4.78, 5) is 0. The second-order valence-electron chi connectivity index (χ2n) is 4.36. The van der Waals surface area contributed by atoms with Crippen molar-refractivity contribution in [3.8, 4) is 0 Å². The average Bonchev–Trinajstić information content (AvgIpc) is 2.43. The van der Waals surface area contributed by atoms with Crippen LogP contribution in [0.2, 0.25) is 20.1 Å². The molecule has 0 aromatic heterocycles. The molecule has 0 saturated heterocycles. The molecule has 2 aromatic carbocycles. The molecule has 0 N–H and O–H groups in total. The van der Waals surface area contributed by atoms with Gasteiger partial charge in [-0.1, -0.05) is 81.1 Å². The fourth-order valence-electron chi connectivity index (χ4n) is 1.81. The molecule has 0 aliphatic heterocycles. The standard InChI is InChI=1S/C15H11Cl4IO/c16-10-2-1-9(13(18)5-10)8-21-15(7-20)12-4-3-11(17)6-14(12)19/h1-6,15H,7-8H2. The zero-order chi connectivity index (χ0) is 15.4. The highest BCUT2D eigenvalue weighted by Crippen LogP contribution is 2.31. The van der Waals surface area contributed by atoms with Crippen LogP contribution in [0.3, 0.4) is 0 Å². The van der Waals surface area contributed by atoms with E-state index < -0.39 is 0 Å². The number of rotatable bonds is 5. The number of ether oxygens (including phenoxy) is 1. The molecular formula is C15H11Cl4IO. The molecule has 0 saturated carbocycles. The maximum absolute atomic E-state index is 6.23. The molecule has 1 nitrogen and oxygen atoms in total. The predicted octanol–water partition coefficient (Wildman–Crippen LogP) is 6.99. The zero-order valence-electron chi connectivity index (χ0n) is 10.8. The molecule has 1 unspecified atom stereocenters. The molecule has 112 valence electrons. The Morgan fingerprint density at radius 3 is 2.10 bits per heavy atom. The minimum absolute atomic E-state index is 0.123. The number of hydrogen-bond acceptors (Lipinski definition) is 1. The summed E-state index contributed by atoms with van der Waals surface area (Å²) < 4.78 is 6.71. The number of alkyl halides is 1. The third-order valence-electron chi connectivity index (χ3n) is 2.90. The molecule has 0 heterocycles. The summed E-state index contributed by atoms with van der Waals surface area (Å²) in [6.45, 7) is 0.391. The van der Waals surface area contributed by atoms with E-state index in [1.807, 2.05) is 12.1 Å². The van der Waals surface area contributed by atoms with Crippen LogP contribution in [0.25, 0.3) is 0 Å². The summed E-state index contributed by atoms with van der Waals surface area (Å²) in [6, 6.07) is 10.8. The average molecular weight is 476 g/mol. The van der Waals surface area contributed by atoms with Crippen molar-refractivity contribution in [3.63, 3.8) is 0 Å². The van der Waals surface area contributed by atoms with Gasteiger partial charge in [-0.2, -0.15) is 0 Å². The second kappa shape index (κ2) is 8.23. The van der Waals surface area contributed by atoms with Gasteiger partial charge >= 0.3 is 0 Å². The van der Waals surface area contributed by atoms with Crippen molar-refractivity contribution < 1.29 is 4.74 Å². The Morgan fingerprint density at radius 1 is 0.905 bits per heavy atom. The largest absolute Gasteiger partial charge is 0.368 e. The molecule has 1 atom stereocenters. The van der Waals surface area contributed by atoms with E-state index >= 15 is 0 Å². The third-order valence-corrected chi connectivity index (χ3v) is 4.85. The number of hydrogen-bond donors (Lipinski definition) is 0. The first-order chi connectivity index (χ1) is 10.0. The topological polar surface area (TPSA) is 9.23 Å². The van der Waals surface area contributed by atoms with Crippen molar-refractivity contribution in [2.45, 2.75) is 12.7 Å². The molecule has 2 aromatic rings. The van der Waals surface area contributed by atoms with Gasteiger partial charge in [0.2, 0.25) is 0 Å². The quantitative estimate of drug-likeness (QED) is 0.334. The SMILES string of the molecule is Clc1ccc(COC(CI)c2ccc(Cl)cc2Cl)c(Cl)c1. The van der Waals surface area contributed by atoms with Crippen LogP contribution in [0.1, 0.15) is 17.2 Å².